The van der Waals surface area contributed by atoms with E-state index in [9.17, 15) is 27.6 Å². The van der Waals surface area contributed by atoms with E-state index in [4.69, 9.17) is 24.4 Å². The van der Waals surface area contributed by atoms with Crippen molar-refractivity contribution < 1.29 is 46.9 Å². The predicted molar refractivity (Wildman–Crippen MR) is 180 cm³/mol. The van der Waals surface area contributed by atoms with Gasteiger partial charge in [-0.05, 0) is 49.3 Å². The molecule has 4 heterocycles. The fraction of sp³-hybridized carbons (Fsp3) is 0.543. The van der Waals surface area contributed by atoms with Crippen LogP contribution >= 0.6 is 11.3 Å². The lowest BCUT2D eigenvalue weighted by Crippen LogP contribution is -2.46. The van der Waals surface area contributed by atoms with Crippen molar-refractivity contribution in [2.24, 2.45) is 16.7 Å². The van der Waals surface area contributed by atoms with Crippen LogP contribution in [0.2, 0.25) is 0 Å². The summed E-state index contributed by atoms with van der Waals surface area (Å²) < 4.78 is 44.3. The molecule has 2 aliphatic carbocycles. The first-order valence-electron chi connectivity index (χ1n) is 17.0. The van der Waals surface area contributed by atoms with Crippen molar-refractivity contribution in [3.63, 3.8) is 0 Å². The molecule has 0 spiro atoms. The van der Waals surface area contributed by atoms with Crippen molar-refractivity contribution in [2.45, 2.75) is 63.8 Å². The van der Waals surface area contributed by atoms with E-state index < -0.39 is 29.0 Å². The van der Waals surface area contributed by atoms with Gasteiger partial charge in [-0.2, -0.15) is 18.3 Å². The highest BCUT2D eigenvalue weighted by Gasteiger charge is 2.67. The Morgan fingerprint density at radius 1 is 1.06 bits per heavy atom. The fourth-order valence-corrected chi connectivity index (χ4v) is 8.13. The Morgan fingerprint density at radius 2 is 1.75 bits per heavy atom. The van der Waals surface area contributed by atoms with E-state index in [0.29, 0.717) is 42.7 Å². The van der Waals surface area contributed by atoms with Crippen LogP contribution in [-0.4, -0.2) is 100.0 Å². The van der Waals surface area contributed by atoms with Gasteiger partial charge in [0, 0.05) is 62.2 Å². The maximum absolute atomic E-state index is 14.0. The van der Waals surface area contributed by atoms with Crippen LogP contribution in [0, 0.1) is 16.7 Å². The number of methoxy groups -OCH3 is 2. The topological polar surface area (TPSA) is 156 Å². The van der Waals surface area contributed by atoms with E-state index in [1.807, 2.05) is 47.4 Å². The van der Waals surface area contributed by atoms with E-state index in [1.165, 1.54) is 20.0 Å². The van der Waals surface area contributed by atoms with Crippen molar-refractivity contribution in [1.82, 2.24) is 29.9 Å². The number of benzene rings is 1. The van der Waals surface area contributed by atoms with Gasteiger partial charge in [0.05, 0.1) is 36.7 Å². The minimum atomic E-state index is -5.08. The zero-order valence-corrected chi connectivity index (χ0v) is 29.8. The van der Waals surface area contributed by atoms with Crippen molar-refractivity contribution in [1.29, 1.82) is 0 Å². The van der Waals surface area contributed by atoms with E-state index in [0.717, 1.165) is 35.7 Å². The molecular weight excluding hydrogens is 705 g/mol. The van der Waals surface area contributed by atoms with Gasteiger partial charge in [0.1, 0.15) is 17.2 Å². The van der Waals surface area contributed by atoms with Gasteiger partial charge in [-0.15, -0.1) is 11.3 Å². The Balaban J connectivity index is 0.000000604. The molecule has 0 radical (unpaired) electrons. The number of aliphatic carboxylic acids is 1. The molecule has 1 aromatic carbocycles. The maximum Gasteiger partial charge on any atom is 0.490 e. The van der Waals surface area contributed by atoms with E-state index in [2.05, 4.69) is 15.3 Å². The SMILES string of the molecule is COC(=O)[C@@]12CN(C(=O)c3cnn(CC4CC4)c3)C[C@]1(C)CN(C(C(=O)NCc1ccc(OC)cc1)c1csc(C3CC3)n1)C2.O=C(O)C(F)(F)F. The highest BCUT2D eigenvalue weighted by atomic mass is 32.1. The summed E-state index contributed by atoms with van der Waals surface area (Å²) in [5.41, 5.74) is 0.552. The smallest absolute Gasteiger partial charge is 0.490 e. The second-order valence-electron chi connectivity index (χ2n) is 14.3. The third kappa shape index (κ3) is 7.79. The summed E-state index contributed by atoms with van der Waals surface area (Å²) in [5, 5.41) is 17.7. The molecule has 1 unspecified atom stereocenters. The maximum atomic E-state index is 14.0. The monoisotopic (exact) mass is 746 g/mol. The van der Waals surface area contributed by atoms with Gasteiger partial charge in [0.25, 0.3) is 5.91 Å². The van der Waals surface area contributed by atoms with Crippen LogP contribution in [0.5, 0.6) is 5.75 Å². The lowest BCUT2D eigenvalue weighted by molar-refractivity contribution is -0.192. The molecule has 0 bridgehead atoms. The predicted octanol–water partition coefficient (Wildman–Crippen LogP) is 4.26. The number of hydrogen-bond donors (Lipinski definition) is 2. The summed E-state index contributed by atoms with van der Waals surface area (Å²) in [6.45, 7) is 4.51. The van der Waals surface area contributed by atoms with Crippen LogP contribution < -0.4 is 10.1 Å². The lowest BCUT2D eigenvalue weighted by atomic mass is 9.69. The number of fused-ring (bicyclic) bond motifs is 1. The average molecular weight is 747 g/mol. The molecule has 13 nitrogen and oxygen atoms in total. The number of carboxylic acid groups (broad SMARTS) is 1. The van der Waals surface area contributed by atoms with Crippen LogP contribution in [0.4, 0.5) is 13.2 Å². The summed E-state index contributed by atoms with van der Waals surface area (Å²) in [7, 11) is 3.02. The van der Waals surface area contributed by atoms with Crippen molar-refractivity contribution in [3.8, 4) is 5.75 Å². The van der Waals surface area contributed by atoms with Gasteiger partial charge in [-0.1, -0.05) is 19.1 Å². The van der Waals surface area contributed by atoms with E-state index in [1.54, 1.807) is 29.5 Å². The van der Waals surface area contributed by atoms with Gasteiger partial charge in [-0.25, -0.2) is 9.78 Å². The molecule has 4 aliphatic rings. The number of esters is 1. The van der Waals surface area contributed by atoms with Crippen LogP contribution in [0.1, 0.15) is 71.2 Å². The number of halogens is 3. The number of aromatic nitrogens is 3. The van der Waals surface area contributed by atoms with Crippen LogP contribution in [0.25, 0.3) is 0 Å². The summed E-state index contributed by atoms with van der Waals surface area (Å²) in [6.07, 6.45) is 3.01. The number of alkyl halides is 3. The number of ether oxygens (including phenoxy) is 2. The van der Waals surface area contributed by atoms with Crippen LogP contribution in [0.15, 0.2) is 42.0 Å². The Bertz CT molecular complexity index is 1810. The molecule has 7 rings (SSSR count). The minimum absolute atomic E-state index is 0.134. The molecule has 2 N–H and O–H groups in total. The number of carbonyl (C=O) groups excluding carboxylic acids is 3. The first-order chi connectivity index (χ1) is 24.7. The number of hydrogen-bond acceptors (Lipinski definition) is 10. The fourth-order valence-electron chi connectivity index (χ4n) is 7.12. The number of carboxylic acids is 1. The number of nitrogens with zero attached hydrogens (tertiary/aromatic N) is 5. The van der Waals surface area contributed by atoms with Gasteiger partial charge < -0.3 is 24.8 Å². The second kappa shape index (κ2) is 14.5. The minimum Gasteiger partial charge on any atom is -0.497 e. The Hall–Kier alpha value is -4.51. The third-order valence-corrected chi connectivity index (χ3v) is 11.3. The largest absolute Gasteiger partial charge is 0.497 e. The van der Waals surface area contributed by atoms with Crippen molar-refractivity contribution >= 4 is 35.1 Å². The number of nitrogens with one attached hydrogen (secondary N) is 1. The summed E-state index contributed by atoms with van der Waals surface area (Å²) in [6, 6.07) is 6.92. The molecule has 3 aromatic rings. The quantitative estimate of drug-likeness (QED) is 0.272. The average Bonchev–Trinajstić information content (AvgIpc) is 3.97. The van der Waals surface area contributed by atoms with Gasteiger partial charge >= 0.3 is 18.1 Å². The zero-order valence-electron chi connectivity index (χ0n) is 29.0. The first-order valence-corrected chi connectivity index (χ1v) is 17.8. The number of rotatable bonds is 11. The summed E-state index contributed by atoms with van der Waals surface area (Å²) in [4.78, 5) is 59.1. The highest BCUT2D eigenvalue weighted by molar-refractivity contribution is 7.09. The molecule has 2 aliphatic heterocycles. The number of likely N-dealkylation sites (tertiary alicyclic amines) is 2. The molecule has 4 fully saturated rings. The molecule has 2 saturated carbocycles. The molecule has 2 saturated heterocycles. The first kappa shape index (κ1) is 37.3. The van der Waals surface area contributed by atoms with Crippen molar-refractivity contribution in [3.05, 3.63) is 63.9 Å². The van der Waals surface area contributed by atoms with E-state index >= 15 is 0 Å². The van der Waals surface area contributed by atoms with Crippen LogP contribution in [0.3, 0.4) is 0 Å². The van der Waals surface area contributed by atoms with Crippen LogP contribution in [-0.2, 0) is 32.2 Å². The number of carbonyl (C=O) groups is 4. The Morgan fingerprint density at radius 3 is 2.35 bits per heavy atom. The Labute approximate surface area is 302 Å². The molecule has 3 atom stereocenters. The van der Waals surface area contributed by atoms with Crippen molar-refractivity contribution in [2.75, 3.05) is 40.4 Å². The lowest BCUT2D eigenvalue weighted by Gasteiger charge is -2.31. The molecule has 2 aromatic heterocycles. The number of amides is 2. The molecule has 17 heteroatoms. The molecular formula is C35H41F3N6O7S. The molecule has 2 amide bonds. The standard InChI is InChI=1S/C33H40N6O5S.C2HF3O2/c1-32-17-37(19-33(32,31(42)44-3)20-38(18-32)30(41)24-13-35-39(15-24)14-22-4-5-22)27(26-16-45-29(36-26)23-8-9-23)28(40)34-12-21-6-10-25(43-2)11-7-21;3-2(4,5)1(6)7/h6-7,10-11,13,15-16,22-23,27H,4-5,8-9,12,14,17-20H2,1-3H3,(H,34,40);(H,6,7)/t27?,32-,33+;/m0./s1. The second-order valence-corrected chi connectivity index (χ2v) is 15.1. The molecule has 52 heavy (non-hydrogen) atoms. The molecule has 280 valence electrons. The summed E-state index contributed by atoms with van der Waals surface area (Å²) in [5.74, 6) is -1.55. The number of thiazole rings is 1. The Kier molecular flexibility index (Phi) is 10.4. The van der Waals surface area contributed by atoms with Gasteiger partial charge in [0.2, 0.25) is 5.91 Å². The zero-order chi connectivity index (χ0) is 37.4. The van der Waals surface area contributed by atoms with E-state index in [-0.39, 0.29) is 30.9 Å². The van der Waals surface area contributed by atoms with Gasteiger partial charge in [0.15, 0.2) is 0 Å². The normalized spacial score (nSPS) is 23.3. The third-order valence-electron chi connectivity index (χ3n) is 10.3. The highest BCUT2D eigenvalue weighted by Crippen LogP contribution is 2.55. The van der Waals surface area contributed by atoms with Gasteiger partial charge in [-0.3, -0.25) is 24.0 Å². The summed E-state index contributed by atoms with van der Waals surface area (Å²) >= 11 is 1.60.